The van der Waals surface area contributed by atoms with Crippen LogP contribution in [0.4, 0.5) is 4.79 Å². The van der Waals surface area contributed by atoms with E-state index in [1.165, 1.54) is 83.5 Å². The fourth-order valence-electron chi connectivity index (χ4n) is 7.20. The van der Waals surface area contributed by atoms with Gasteiger partial charge < -0.3 is 9.47 Å². The molecule has 33 heavy (non-hydrogen) atoms. The molecule has 0 aromatic rings. The molecule has 3 rings (SSSR count). The monoisotopic (exact) mass is 462 g/mol. The molecule has 3 heteroatoms. The predicted octanol–water partition coefficient (Wildman–Crippen LogP) is 9.47. The summed E-state index contributed by atoms with van der Waals surface area (Å²) in [5.41, 5.74) is -0.263. The van der Waals surface area contributed by atoms with E-state index in [0.717, 1.165) is 68.1 Å². The van der Waals surface area contributed by atoms with Crippen LogP contribution in [0.3, 0.4) is 0 Å². The Morgan fingerprint density at radius 2 is 1.36 bits per heavy atom. The summed E-state index contributed by atoms with van der Waals surface area (Å²) in [6.45, 7) is 7.41. The Morgan fingerprint density at radius 3 is 1.97 bits per heavy atom. The van der Waals surface area contributed by atoms with Crippen LogP contribution in [0, 0.1) is 29.6 Å². The number of carbonyl (C=O) groups excluding carboxylic acids is 1. The second kappa shape index (κ2) is 14.0. The van der Waals surface area contributed by atoms with Crippen molar-refractivity contribution in [3.05, 3.63) is 0 Å². The maximum Gasteiger partial charge on any atom is 0.508 e. The second-order valence-corrected chi connectivity index (χ2v) is 12.2. The van der Waals surface area contributed by atoms with Crippen molar-refractivity contribution in [2.75, 3.05) is 6.61 Å². The minimum atomic E-state index is -0.400. The maximum atomic E-state index is 12.6. The van der Waals surface area contributed by atoms with Crippen molar-refractivity contribution in [1.82, 2.24) is 0 Å². The Hall–Kier alpha value is -0.730. The van der Waals surface area contributed by atoms with Crippen LogP contribution in [0.5, 0.6) is 0 Å². The molecule has 0 bridgehead atoms. The maximum absolute atomic E-state index is 12.6. The average Bonchev–Trinajstić information content (AvgIpc) is 2.83. The first-order valence-corrected chi connectivity index (χ1v) is 14.9. The number of rotatable bonds is 11. The highest BCUT2D eigenvalue weighted by Gasteiger charge is 2.41. The third-order valence-corrected chi connectivity index (χ3v) is 9.61. The zero-order chi connectivity index (χ0) is 23.5. The van der Waals surface area contributed by atoms with E-state index in [9.17, 15) is 4.79 Å². The van der Waals surface area contributed by atoms with Crippen LogP contribution in [-0.4, -0.2) is 18.4 Å². The van der Waals surface area contributed by atoms with Crippen LogP contribution in [-0.2, 0) is 9.47 Å². The van der Waals surface area contributed by atoms with E-state index < -0.39 is 6.16 Å². The average molecular weight is 463 g/mol. The number of unbranched alkanes of at least 4 members (excludes halogenated alkanes) is 2. The molecule has 3 aliphatic rings. The van der Waals surface area contributed by atoms with Crippen molar-refractivity contribution in [2.24, 2.45) is 29.6 Å². The molecule has 3 saturated carbocycles. The molecular weight excluding hydrogens is 408 g/mol. The highest BCUT2D eigenvalue weighted by atomic mass is 16.7. The van der Waals surface area contributed by atoms with E-state index in [1.54, 1.807) is 0 Å². The lowest BCUT2D eigenvalue weighted by molar-refractivity contribution is -0.0750. The molecule has 192 valence electrons. The third kappa shape index (κ3) is 8.77. The van der Waals surface area contributed by atoms with Crippen molar-refractivity contribution in [3.8, 4) is 0 Å². The first-order chi connectivity index (χ1) is 16.0. The van der Waals surface area contributed by atoms with Gasteiger partial charge in [0.25, 0.3) is 0 Å². The number of carbonyl (C=O) groups is 1. The van der Waals surface area contributed by atoms with E-state index in [0.29, 0.717) is 6.61 Å². The molecule has 0 unspecified atom stereocenters. The fraction of sp³-hybridized carbons (Fsp3) is 0.967. The minimum absolute atomic E-state index is 0.263. The Bertz CT molecular complexity index is 535. The van der Waals surface area contributed by atoms with Gasteiger partial charge in [0.1, 0.15) is 5.60 Å². The molecular formula is C30H54O3. The molecule has 0 aromatic heterocycles. The van der Waals surface area contributed by atoms with Gasteiger partial charge in [-0.2, -0.15) is 0 Å². The SMILES string of the molecule is CCCCCOC(=O)OC1(CC[C@H]2CC[C@H](CCC)CC2)CCC(C2CCC(C)CC2)CC1. The summed E-state index contributed by atoms with van der Waals surface area (Å²) in [5, 5.41) is 0. The lowest BCUT2D eigenvalue weighted by Crippen LogP contribution is -2.41. The van der Waals surface area contributed by atoms with Gasteiger partial charge in [0, 0.05) is 0 Å². The normalized spacial score (nSPS) is 35.2. The van der Waals surface area contributed by atoms with E-state index >= 15 is 0 Å². The smallest absolute Gasteiger partial charge is 0.434 e. The van der Waals surface area contributed by atoms with Crippen LogP contribution in [0.2, 0.25) is 0 Å². The number of hydrogen-bond donors (Lipinski definition) is 0. The van der Waals surface area contributed by atoms with Gasteiger partial charge in [-0.15, -0.1) is 0 Å². The first-order valence-electron chi connectivity index (χ1n) is 14.9. The molecule has 0 atom stereocenters. The summed E-state index contributed by atoms with van der Waals surface area (Å²) < 4.78 is 11.7. The topological polar surface area (TPSA) is 35.5 Å². The number of hydrogen-bond acceptors (Lipinski definition) is 3. The van der Waals surface area contributed by atoms with E-state index in [2.05, 4.69) is 20.8 Å². The van der Waals surface area contributed by atoms with Gasteiger partial charge in [-0.3, -0.25) is 0 Å². The molecule has 0 aliphatic heterocycles. The van der Waals surface area contributed by atoms with Gasteiger partial charge in [0.2, 0.25) is 0 Å². The highest BCUT2D eigenvalue weighted by molar-refractivity contribution is 5.60. The van der Waals surface area contributed by atoms with Gasteiger partial charge in [-0.05, 0) is 87.4 Å². The second-order valence-electron chi connectivity index (χ2n) is 12.2. The zero-order valence-corrected chi connectivity index (χ0v) is 22.3. The molecule has 0 heterocycles. The summed E-state index contributed by atoms with van der Waals surface area (Å²) in [4.78, 5) is 12.6. The van der Waals surface area contributed by atoms with Gasteiger partial charge >= 0.3 is 6.16 Å². The summed E-state index contributed by atoms with van der Waals surface area (Å²) in [6.07, 6.45) is 23.6. The van der Waals surface area contributed by atoms with Crippen molar-refractivity contribution >= 4 is 6.16 Å². The minimum Gasteiger partial charge on any atom is -0.434 e. The predicted molar refractivity (Wildman–Crippen MR) is 137 cm³/mol. The molecule has 0 N–H and O–H groups in total. The summed E-state index contributed by atoms with van der Waals surface area (Å²) in [7, 11) is 0. The molecule has 0 radical (unpaired) electrons. The van der Waals surface area contributed by atoms with Crippen molar-refractivity contribution in [2.45, 2.75) is 148 Å². The van der Waals surface area contributed by atoms with Gasteiger partial charge in [0.15, 0.2) is 0 Å². The molecule has 0 spiro atoms. The largest absolute Gasteiger partial charge is 0.508 e. The Labute approximate surface area is 205 Å². The third-order valence-electron chi connectivity index (χ3n) is 9.61. The molecule has 0 saturated heterocycles. The molecule has 0 amide bonds. The number of ether oxygens (including phenoxy) is 2. The zero-order valence-electron chi connectivity index (χ0n) is 22.3. The standard InChI is InChI=1S/C30H54O3/c1-4-6-7-23-32-29(31)33-30(20-17-26-13-11-25(8-5-2)12-14-26)21-18-28(19-22-30)27-15-9-24(3)10-16-27/h24-28H,4-23H2,1-3H3/t24?,25-,26-,27?,28?,30?. The van der Waals surface area contributed by atoms with E-state index in [4.69, 9.17) is 9.47 Å². The summed E-state index contributed by atoms with van der Waals surface area (Å²) in [5.74, 6) is 4.47. The Morgan fingerprint density at radius 1 is 0.758 bits per heavy atom. The van der Waals surface area contributed by atoms with Crippen LogP contribution < -0.4 is 0 Å². The van der Waals surface area contributed by atoms with Crippen molar-refractivity contribution in [1.29, 1.82) is 0 Å². The molecule has 3 fully saturated rings. The lowest BCUT2D eigenvalue weighted by Gasteiger charge is -2.43. The van der Waals surface area contributed by atoms with Crippen LogP contribution in [0.15, 0.2) is 0 Å². The van der Waals surface area contributed by atoms with E-state index in [-0.39, 0.29) is 5.60 Å². The Balaban J connectivity index is 1.51. The first kappa shape index (κ1) is 26.9. The van der Waals surface area contributed by atoms with Crippen LogP contribution in [0.25, 0.3) is 0 Å². The van der Waals surface area contributed by atoms with Crippen LogP contribution >= 0.6 is 0 Å². The van der Waals surface area contributed by atoms with Gasteiger partial charge in [-0.25, -0.2) is 4.79 Å². The quantitative estimate of drug-likeness (QED) is 0.226. The lowest BCUT2D eigenvalue weighted by atomic mass is 9.67. The molecule has 3 nitrogen and oxygen atoms in total. The summed E-state index contributed by atoms with van der Waals surface area (Å²) >= 11 is 0. The molecule has 3 aliphatic carbocycles. The molecule has 0 aromatic carbocycles. The highest BCUT2D eigenvalue weighted by Crippen LogP contribution is 2.46. The van der Waals surface area contributed by atoms with Gasteiger partial charge in [0.05, 0.1) is 6.61 Å². The van der Waals surface area contributed by atoms with Gasteiger partial charge in [-0.1, -0.05) is 85.0 Å². The van der Waals surface area contributed by atoms with E-state index in [1.807, 2.05) is 0 Å². The van der Waals surface area contributed by atoms with Crippen LogP contribution in [0.1, 0.15) is 143 Å². The fourth-order valence-corrected chi connectivity index (χ4v) is 7.20. The van der Waals surface area contributed by atoms with Crippen molar-refractivity contribution < 1.29 is 14.3 Å². The van der Waals surface area contributed by atoms with Crippen molar-refractivity contribution in [3.63, 3.8) is 0 Å². The Kier molecular flexibility index (Phi) is 11.4. The summed E-state index contributed by atoms with van der Waals surface area (Å²) in [6, 6.07) is 0.